The molecule has 0 bridgehead atoms. The average Bonchev–Trinajstić information content (AvgIpc) is 3.07. The number of hydrogen-bond donors (Lipinski definition) is 0. The first-order valence-corrected chi connectivity index (χ1v) is 7.89. The average molecular weight is 290 g/mol. The van der Waals surface area contributed by atoms with Crippen LogP contribution in [0.15, 0.2) is 24.3 Å². The van der Waals surface area contributed by atoms with E-state index in [1.165, 1.54) is 5.56 Å². The SMILES string of the molecule is CCCC1(C(=O)OCC)OC1(C)c1ccc(C(C)C)cc1. The third-order valence-corrected chi connectivity index (χ3v) is 4.44. The van der Waals surface area contributed by atoms with Crippen molar-refractivity contribution in [2.75, 3.05) is 6.61 Å². The van der Waals surface area contributed by atoms with E-state index in [4.69, 9.17) is 9.47 Å². The summed E-state index contributed by atoms with van der Waals surface area (Å²) in [4.78, 5) is 12.3. The lowest BCUT2D eigenvalue weighted by molar-refractivity contribution is -0.149. The summed E-state index contributed by atoms with van der Waals surface area (Å²) in [7, 11) is 0. The van der Waals surface area contributed by atoms with Crippen LogP contribution in [0.1, 0.15) is 64.5 Å². The van der Waals surface area contributed by atoms with E-state index in [1.54, 1.807) is 0 Å². The molecule has 2 rings (SSSR count). The van der Waals surface area contributed by atoms with Gasteiger partial charge in [0.1, 0.15) is 5.60 Å². The van der Waals surface area contributed by atoms with Crippen molar-refractivity contribution in [3.8, 4) is 0 Å². The minimum absolute atomic E-state index is 0.234. The molecule has 1 aliphatic rings. The maximum atomic E-state index is 12.3. The molecule has 2 unspecified atom stereocenters. The van der Waals surface area contributed by atoms with Crippen molar-refractivity contribution in [3.63, 3.8) is 0 Å². The second-order valence-corrected chi connectivity index (χ2v) is 6.21. The van der Waals surface area contributed by atoms with E-state index in [1.807, 2.05) is 13.8 Å². The van der Waals surface area contributed by atoms with Crippen LogP contribution in [0.2, 0.25) is 0 Å². The Morgan fingerprint density at radius 3 is 2.33 bits per heavy atom. The summed E-state index contributed by atoms with van der Waals surface area (Å²) in [5, 5.41) is 0. The van der Waals surface area contributed by atoms with Crippen LogP contribution in [0.5, 0.6) is 0 Å². The van der Waals surface area contributed by atoms with Crippen molar-refractivity contribution in [2.45, 2.75) is 64.6 Å². The van der Waals surface area contributed by atoms with Gasteiger partial charge in [-0.25, -0.2) is 4.79 Å². The molecule has 1 saturated heterocycles. The molecule has 1 aromatic rings. The van der Waals surface area contributed by atoms with Crippen LogP contribution in [0, 0.1) is 0 Å². The van der Waals surface area contributed by atoms with Gasteiger partial charge in [-0.05, 0) is 37.3 Å². The molecule has 1 heterocycles. The molecule has 0 spiro atoms. The monoisotopic (exact) mass is 290 g/mol. The molecule has 0 saturated carbocycles. The number of ether oxygens (including phenoxy) is 2. The Bertz CT molecular complexity index is 506. The van der Waals surface area contributed by atoms with E-state index in [2.05, 4.69) is 45.0 Å². The van der Waals surface area contributed by atoms with Crippen LogP contribution in [-0.2, 0) is 19.9 Å². The number of epoxide rings is 1. The zero-order valence-corrected chi connectivity index (χ0v) is 13.7. The van der Waals surface area contributed by atoms with Crippen LogP contribution in [0.3, 0.4) is 0 Å². The van der Waals surface area contributed by atoms with E-state index in [9.17, 15) is 4.79 Å². The number of benzene rings is 1. The van der Waals surface area contributed by atoms with Crippen LogP contribution in [0.25, 0.3) is 0 Å². The first-order valence-electron chi connectivity index (χ1n) is 7.89. The van der Waals surface area contributed by atoms with Gasteiger partial charge in [0.05, 0.1) is 6.61 Å². The summed E-state index contributed by atoms with van der Waals surface area (Å²) in [6.07, 6.45) is 1.58. The molecule has 3 heteroatoms. The van der Waals surface area contributed by atoms with E-state index >= 15 is 0 Å². The number of esters is 1. The Balaban J connectivity index is 2.28. The van der Waals surface area contributed by atoms with E-state index in [0.29, 0.717) is 18.9 Å². The smallest absolute Gasteiger partial charge is 0.341 e. The molecule has 0 amide bonds. The number of carbonyl (C=O) groups excluding carboxylic acids is 1. The first-order chi connectivity index (χ1) is 9.91. The summed E-state index contributed by atoms with van der Waals surface area (Å²) in [6.45, 7) is 10.6. The quantitative estimate of drug-likeness (QED) is 0.583. The van der Waals surface area contributed by atoms with Crippen molar-refractivity contribution < 1.29 is 14.3 Å². The molecule has 1 fully saturated rings. The topological polar surface area (TPSA) is 38.8 Å². The Kier molecular flexibility index (Phi) is 4.43. The van der Waals surface area contributed by atoms with Gasteiger partial charge in [0.25, 0.3) is 0 Å². The van der Waals surface area contributed by atoms with Crippen molar-refractivity contribution in [2.24, 2.45) is 0 Å². The molecule has 0 radical (unpaired) electrons. The number of hydrogen-bond acceptors (Lipinski definition) is 3. The predicted octanol–water partition coefficient (Wildman–Crippen LogP) is 4.16. The van der Waals surface area contributed by atoms with Gasteiger partial charge in [0.2, 0.25) is 0 Å². The zero-order valence-electron chi connectivity index (χ0n) is 13.7. The van der Waals surface area contributed by atoms with E-state index in [0.717, 1.165) is 12.0 Å². The number of rotatable bonds is 6. The Morgan fingerprint density at radius 2 is 1.86 bits per heavy atom. The minimum Gasteiger partial charge on any atom is -0.464 e. The van der Waals surface area contributed by atoms with E-state index in [-0.39, 0.29) is 5.97 Å². The Labute approximate surface area is 127 Å². The predicted molar refractivity (Wildman–Crippen MR) is 83.2 cm³/mol. The highest BCUT2D eigenvalue weighted by molar-refractivity contribution is 5.85. The van der Waals surface area contributed by atoms with Gasteiger partial charge in [-0.15, -0.1) is 0 Å². The molecule has 1 aromatic carbocycles. The van der Waals surface area contributed by atoms with Gasteiger partial charge < -0.3 is 9.47 Å². The van der Waals surface area contributed by atoms with Gasteiger partial charge in [-0.1, -0.05) is 51.5 Å². The zero-order chi connectivity index (χ0) is 15.7. The van der Waals surface area contributed by atoms with Gasteiger partial charge in [-0.2, -0.15) is 0 Å². The highest BCUT2D eigenvalue weighted by Gasteiger charge is 2.73. The second-order valence-electron chi connectivity index (χ2n) is 6.21. The van der Waals surface area contributed by atoms with Crippen molar-refractivity contribution in [3.05, 3.63) is 35.4 Å². The lowest BCUT2D eigenvalue weighted by atomic mass is 9.84. The van der Waals surface area contributed by atoms with E-state index < -0.39 is 11.2 Å². The fourth-order valence-corrected chi connectivity index (χ4v) is 3.03. The molecule has 2 atom stereocenters. The normalized spacial score (nSPS) is 27.7. The summed E-state index contributed by atoms with van der Waals surface area (Å²) in [5.74, 6) is 0.264. The van der Waals surface area contributed by atoms with Crippen LogP contribution < -0.4 is 0 Å². The van der Waals surface area contributed by atoms with Crippen molar-refractivity contribution >= 4 is 5.97 Å². The highest BCUT2D eigenvalue weighted by atomic mass is 16.7. The molecule has 0 aliphatic carbocycles. The minimum atomic E-state index is -0.808. The van der Waals surface area contributed by atoms with Crippen molar-refractivity contribution in [1.82, 2.24) is 0 Å². The van der Waals surface area contributed by atoms with Gasteiger partial charge in [-0.3, -0.25) is 0 Å². The molecular weight excluding hydrogens is 264 g/mol. The summed E-state index contributed by atoms with van der Waals surface area (Å²) >= 11 is 0. The van der Waals surface area contributed by atoms with Crippen LogP contribution in [0.4, 0.5) is 0 Å². The van der Waals surface area contributed by atoms with Crippen LogP contribution >= 0.6 is 0 Å². The Morgan fingerprint density at radius 1 is 1.24 bits per heavy atom. The summed E-state index contributed by atoms with van der Waals surface area (Å²) in [5.41, 5.74) is 0.968. The van der Waals surface area contributed by atoms with Gasteiger partial charge >= 0.3 is 5.97 Å². The fourth-order valence-electron chi connectivity index (χ4n) is 3.03. The maximum Gasteiger partial charge on any atom is 0.341 e. The van der Waals surface area contributed by atoms with Gasteiger partial charge in [0.15, 0.2) is 5.60 Å². The number of carbonyl (C=O) groups is 1. The molecule has 116 valence electrons. The lowest BCUT2D eigenvalue weighted by Gasteiger charge is -2.16. The second kappa shape index (κ2) is 5.80. The summed E-state index contributed by atoms with van der Waals surface area (Å²) < 4.78 is 11.2. The molecular formula is C18H26O3. The van der Waals surface area contributed by atoms with Crippen LogP contribution in [-0.4, -0.2) is 18.2 Å². The molecule has 0 N–H and O–H groups in total. The molecule has 1 aliphatic heterocycles. The lowest BCUT2D eigenvalue weighted by Crippen LogP contribution is -2.33. The highest BCUT2D eigenvalue weighted by Crippen LogP contribution is 2.58. The molecule has 3 nitrogen and oxygen atoms in total. The fraction of sp³-hybridized carbons (Fsp3) is 0.611. The standard InChI is InChI=1S/C18H26O3/c1-6-12-18(16(19)20-7-2)17(5,21-18)15-10-8-14(9-11-15)13(3)4/h8-11,13H,6-7,12H2,1-5H3. The third kappa shape index (κ3) is 2.59. The first kappa shape index (κ1) is 16.0. The summed E-state index contributed by atoms with van der Waals surface area (Å²) in [6, 6.07) is 8.39. The van der Waals surface area contributed by atoms with Crippen molar-refractivity contribution in [1.29, 1.82) is 0 Å². The molecule has 0 aromatic heterocycles. The third-order valence-electron chi connectivity index (χ3n) is 4.44. The molecule has 21 heavy (non-hydrogen) atoms. The van der Waals surface area contributed by atoms with Gasteiger partial charge in [0, 0.05) is 0 Å². The Hall–Kier alpha value is -1.35. The largest absolute Gasteiger partial charge is 0.464 e. The maximum absolute atomic E-state index is 12.3.